The third-order valence-corrected chi connectivity index (χ3v) is 3.31. The van der Waals surface area contributed by atoms with E-state index in [0.717, 1.165) is 0 Å². The molecule has 0 aliphatic carbocycles. The standard InChI is InChI=1S/C18H15N3O4/c19-10-12-4-3-6-14(8-12)18(25)21-15-7-2-1-5-13(15)9-16(22)20-11-17(23)24/h1-8H,9,11H2,(H,20,22)(H,21,25)(H,23,24). The Morgan fingerprint density at radius 2 is 1.84 bits per heavy atom. The third kappa shape index (κ3) is 5.18. The Hall–Kier alpha value is -3.66. The Kier molecular flexibility index (Phi) is 5.85. The van der Waals surface area contributed by atoms with Gasteiger partial charge in [-0.3, -0.25) is 14.4 Å². The van der Waals surface area contributed by atoms with E-state index in [-0.39, 0.29) is 6.42 Å². The van der Waals surface area contributed by atoms with Gasteiger partial charge in [-0.25, -0.2) is 0 Å². The number of benzene rings is 2. The number of carboxylic acid groups (broad SMARTS) is 1. The number of anilines is 1. The second-order valence-corrected chi connectivity index (χ2v) is 5.15. The lowest BCUT2D eigenvalue weighted by Gasteiger charge is -2.11. The number of carboxylic acids is 1. The van der Waals surface area contributed by atoms with Crippen molar-refractivity contribution in [2.45, 2.75) is 6.42 Å². The average molecular weight is 337 g/mol. The molecular formula is C18H15N3O4. The number of aliphatic carboxylic acids is 1. The van der Waals surface area contributed by atoms with E-state index in [4.69, 9.17) is 10.4 Å². The molecule has 2 amide bonds. The number of amides is 2. The van der Waals surface area contributed by atoms with Gasteiger partial charge in [0.2, 0.25) is 5.91 Å². The van der Waals surface area contributed by atoms with Gasteiger partial charge in [-0.1, -0.05) is 24.3 Å². The van der Waals surface area contributed by atoms with Crippen molar-refractivity contribution in [2.24, 2.45) is 0 Å². The summed E-state index contributed by atoms with van der Waals surface area (Å²) in [7, 11) is 0. The Labute approximate surface area is 143 Å². The second kappa shape index (κ2) is 8.26. The van der Waals surface area contributed by atoms with E-state index in [1.54, 1.807) is 42.5 Å². The van der Waals surface area contributed by atoms with E-state index in [0.29, 0.717) is 22.4 Å². The van der Waals surface area contributed by atoms with Gasteiger partial charge in [-0.15, -0.1) is 0 Å². The van der Waals surface area contributed by atoms with Gasteiger partial charge < -0.3 is 15.7 Å². The normalized spacial score (nSPS) is 9.72. The molecule has 0 atom stereocenters. The minimum Gasteiger partial charge on any atom is -0.480 e. The first-order valence-corrected chi connectivity index (χ1v) is 7.37. The largest absolute Gasteiger partial charge is 0.480 e. The number of nitriles is 1. The van der Waals surface area contributed by atoms with E-state index in [1.807, 2.05) is 6.07 Å². The van der Waals surface area contributed by atoms with Gasteiger partial charge in [0, 0.05) is 11.3 Å². The predicted octanol–water partition coefficient (Wildman–Crippen LogP) is 1.55. The highest BCUT2D eigenvalue weighted by molar-refractivity contribution is 6.05. The lowest BCUT2D eigenvalue weighted by molar-refractivity contribution is -0.137. The van der Waals surface area contributed by atoms with Crippen molar-refractivity contribution in [3.8, 4) is 6.07 Å². The van der Waals surface area contributed by atoms with Crippen molar-refractivity contribution in [1.29, 1.82) is 5.26 Å². The summed E-state index contributed by atoms with van der Waals surface area (Å²) in [6.45, 7) is -0.464. The van der Waals surface area contributed by atoms with Gasteiger partial charge in [0.15, 0.2) is 0 Å². The fourth-order valence-corrected chi connectivity index (χ4v) is 2.13. The van der Waals surface area contributed by atoms with Crippen LogP contribution in [0, 0.1) is 11.3 Å². The van der Waals surface area contributed by atoms with Gasteiger partial charge in [-0.05, 0) is 29.8 Å². The van der Waals surface area contributed by atoms with E-state index in [9.17, 15) is 14.4 Å². The molecule has 7 heteroatoms. The summed E-state index contributed by atoms with van der Waals surface area (Å²) in [5.41, 5.74) is 1.69. The van der Waals surface area contributed by atoms with Crippen molar-refractivity contribution >= 4 is 23.5 Å². The van der Waals surface area contributed by atoms with Crippen LogP contribution in [-0.4, -0.2) is 29.4 Å². The minimum absolute atomic E-state index is 0.0675. The minimum atomic E-state index is -1.13. The quantitative estimate of drug-likeness (QED) is 0.739. The molecule has 25 heavy (non-hydrogen) atoms. The molecule has 0 aromatic heterocycles. The molecule has 0 fully saturated rings. The van der Waals surface area contributed by atoms with Gasteiger partial charge >= 0.3 is 5.97 Å². The van der Waals surface area contributed by atoms with Crippen molar-refractivity contribution in [2.75, 3.05) is 11.9 Å². The Morgan fingerprint density at radius 3 is 2.56 bits per heavy atom. The van der Waals surface area contributed by atoms with Gasteiger partial charge in [0.1, 0.15) is 6.54 Å². The highest BCUT2D eigenvalue weighted by atomic mass is 16.4. The molecule has 0 saturated heterocycles. The molecule has 2 aromatic carbocycles. The van der Waals surface area contributed by atoms with Crippen LogP contribution in [0.4, 0.5) is 5.69 Å². The molecular weight excluding hydrogens is 322 g/mol. The third-order valence-electron chi connectivity index (χ3n) is 3.31. The van der Waals surface area contributed by atoms with Gasteiger partial charge in [0.05, 0.1) is 18.1 Å². The number of carbonyl (C=O) groups is 3. The van der Waals surface area contributed by atoms with Crippen LogP contribution in [0.5, 0.6) is 0 Å². The molecule has 0 heterocycles. The lowest BCUT2D eigenvalue weighted by atomic mass is 10.1. The lowest BCUT2D eigenvalue weighted by Crippen LogP contribution is -2.30. The van der Waals surface area contributed by atoms with Crippen molar-refractivity contribution in [1.82, 2.24) is 5.32 Å². The highest BCUT2D eigenvalue weighted by Crippen LogP contribution is 2.17. The van der Waals surface area contributed by atoms with Crippen molar-refractivity contribution in [3.63, 3.8) is 0 Å². The number of nitrogens with zero attached hydrogens (tertiary/aromatic N) is 1. The monoisotopic (exact) mass is 337 g/mol. The highest BCUT2D eigenvalue weighted by Gasteiger charge is 2.12. The molecule has 0 bridgehead atoms. The van der Waals surface area contributed by atoms with Crippen LogP contribution in [0.25, 0.3) is 0 Å². The zero-order chi connectivity index (χ0) is 18.2. The van der Waals surface area contributed by atoms with Crippen LogP contribution in [0.1, 0.15) is 21.5 Å². The maximum atomic E-state index is 12.3. The van der Waals surface area contributed by atoms with Crippen molar-refractivity contribution < 1.29 is 19.5 Å². The van der Waals surface area contributed by atoms with E-state index in [1.165, 1.54) is 6.07 Å². The van der Waals surface area contributed by atoms with Crippen LogP contribution in [0.15, 0.2) is 48.5 Å². The fraction of sp³-hybridized carbons (Fsp3) is 0.111. The van der Waals surface area contributed by atoms with Crippen molar-refractivity contribution in [3.05, 3.63) is 65.2 Å². The van der Waals surface area contributed by atoms with Gasteiger partial charge in [0.25, 0.3) is 5.91 Å². The zero-order valence-electron chi connectivity index (χ0n) is 13.2. The summed E-state index contributed by atoms with van der Waals surface area (Å²) in [5, 5.41) is 22.4. The summed E-state index contributed by atoms with van der Waals surface area (Å²) in [6, 6.07) is 15.0. The smallest absolute Gasteiger partial charge is 0.322 e. The number of nitrogens with one attached hydrogen (secondary N) is 2. The molecule has 126 valence electrons. The van der Waals surface area contributed by atoms with Crippen LogP contribution in [0.3, 0.4) is 0 Å². The number of para-hydroxylation sites is 1. The average Bonchev–Trinajstić information content (AvgIpc) is 2.61. The first-order valence-electron chi connectivity index (χ1n) is 7.37. The summed E-state index contributed by atoms with van der Waals surface area (Å²) >= 11 is 0. The predicted molar refractivity (Wildman–Crippen MR) is 89.9 cm³/mol. The Balaban J connectivity index is 2.12. The fourth-order valence-electron chi connectivity index (χ4n) is 2.13. The maximum Gasteiger partial charge on any atom is 0.322 e. The SMILES string of the molecule is N#Cc1cccc(C(=O)Nc2ccccc2CC(=O)NCC(=O)O)c1. The molecule has 0 spiro atoms. The number of hydrogen-bond acceptors (Lipinski definition) is 4. The van der Waals surface area contributed by atoms with Gasteiger partial charge in [-0.2, -0.15) is 5.26 Å². The van der Waals surface area contributed by atoms with Crippen LogP contribution in [-0.2, 0) is 16.0 Å². The molecule has 0 radical (unpaired) electrons. The van der Waals surface area contributed by atoms with Crippen LogP contribution >= 0.6 is 0 Å². The first kappa shape index (κ1) is 17.7. The molecule has 0 aliphatic rings. The van der Waals surface area contributed by atoms with E-state index < -0.39 is 24.3 Å². The summed E-state index contributed by atoms with van der Waals surface area (Å²) in [4.78, 5) is 34.6. The summed E-state index contributed by atoms with van der Waals surface area (Å²) in [6.07, 6.45) is -0.0675. The topological polar surface area (TPSA) is 119 Å². The molecule has 2 aromatic rings. The summed E-state index contributed by atoms with van der Waals surface area (Å²) < 4.78 is 0. The molecule has 2 rings (SSSR count). The van der Waals surface area contributed by atoms with E-state index in [2.05, 4.69) is 10.6 Å². The molecule has 0 saturated carbocycles. The molecule has 0 aliphatic heterocycles. The number of hydrogen-bond donors (Lipinski definition) is 3. The van der Waals surface area contributed by atoms with Crippen LogP contribution in [0.2, 0.25) is 0 Å². The number of carbonyl (C=O) groups excluding carboxylic acids is 2. The Bertz CT molecular complexity index is 855. The zero-order valence-corrected chi connectivity index (χ0v) is 13.2. The first-order chi connectivity index (χ1) is 12.0. The summed E-state index contributed by atoms with van der Waals surface area (Å²) in [5.74, 6) is -2.00. The van der Waals surface area contributed by atoms with E-state index >= 15 is 0 Å². The molecule has 7 nitrogen and oxygen atoms in total. The molecule has 0 unspecified atom stereocenters. The van der Waals surface area contributed by atoms with Crippen LogP contribution < -0.4 is 10.6 Å². The Morgan fingerprint density at radius 1 is 1.08 bits per heavy atom. The maximum absolute atomic E-state index is 12.3. The second-order valence-electron chi connectivity index (χ2n) is 5.15. The number of rotatable bonds is 6. The molecule has 3 N–H and O–H groups in total.